The Bertz CT molecular complexity index is 2500. The molecule has 0 saturated heterocycles. The molecule has 0 aromatic heterocycles. The molecule has 6 aromatic rings. The molecule has 2 aliphatic carbocycles. The normalized spacial score (nSPS) is 16.2. The highest BCUT2D eigenvalue weighted by Gasteiger charge is 2.40. The van der Waals surface area contributed by atoms with Crippen LogP contribution in [0.4, 0.5) is 0 Å². The molecule has 9 rings (SSSR count). The van der Waals surface area contributed by atoms with Crippen LogP contribution in [-0.4, -0.2) is 0 Å². The fraction of sp³-hybridized carbons (Fsp3) is 0.135. The standard InChI is InChI=1S/C52H41NO/c1-52(47-18-7-9-20-49(47)54-50-21-10-8-19-48(50)52)46-17-6-5-16-45(46)40-30-32-42(33-31-40)51(41-12-3-2-4-13-41)44-15-11-14-43(34-44)39-28-26-38(27-29-39)37-24-22-36(35-53)23-25-37/h2-22,24,26,28,30-34,51H,23,25,27,29H2,1H3. The van der Waals surface area contributed by atoms with E-state index in [1.807, 2.05) is 6.08 Å². The number of hydrogen-bond acceptors (Lipinski definition) is 2. The van der Waals surface area contributed by atoms with Gasteiger partial charge in [-0.25, -0.2) is 0 Å². The zero-order valence-electron chi connectivity index (χ0n) is 30.5. The van der Waals surface area contributed by atoms with E-state index in [1.165, 1.54) is 66.8 Å². The molecule has 2 heteroatoms. The summed E-state index contributed by atoms with van der Waals surface area (Å²) in [6.45, 7) is 2.34. The van der Waals surface area contributed by atoms with Crippen molar-refractivity contribution < 1.29 is 4.74 Å². The van der Waals surface area contributed by atoms with Crippen LogP contribution in [0.3, 0.4) is 0 Å². The van der Waals surface area contributed by atoms with Gasteiger partial charge >= 0.3 is 0 Å². The first-order valence-corrected chi connectivity index (χ1v) is 19.0. The van der Waals surface area contributed by atoms with Crippen molar-refractivity contribution in [2.45, 2.75) is 43.9 Å². The molecule has 0 radical (unpaired) electrons. The number of benzene rings is 6. The molecule has 0 spiro atoms. The number of nitrogens with zero attached hydrogens (tertiary/aromatic N) is 1. The second-order valence-corrected chi connectivity index (χ2v) is 14.7. The lowest BCUT2D eigenvalue weighted by molar-refractivity contribution is 0.427. The van der Waals surface area contributed by atoms with Crippen molar-refractivity contribution in [3.63, 3.8) is 0 Å². The van der Waals surface area contributed by atoms with E-state index in [2.05, 4.69) is 183 Å². The van der Waals surface area contributed by atoms with Crippen LogP contribution in [0.15, 0.2) is 193 Å². The van der Waals surface area contributed by atoms with E-state index in [0.29, 0.717) is 0 Å². The van der Waals surface area contributed by atoms with E-state index >= 15 is 0 Å². The van der Waals surface area contributed by atoms with Gasteiger partial charge in [0.2, 0.25) is 0 Å². The fourth-order valence-corrected chi connectivity index (χ4v) is 8.80. The van der Waals surface area contributed by atoms with Crippen molar-refractivity contribution in [3.8, 4) is 28.7 Å². The van der Waals surface area contributed by atoms with Crippen LogP contribution >= 0.6 is 0 Å². The summed E-state index contributed by atoms with van der Waals surface area (Å²) in [6, 6.07) is 57.4. The molecule has 6 aromatic carbocycles. The highest BCUT2D eigenvalue weighted by molar-refractivity contribution is 5.75. The Morgan fingerprint density at radius 3 is 1.70 bits per heavy atom. The number of ether oxygens (including phenoxy) is 1. The molecule has 260 valence electrons. The van der Waals surface area contributed by atoms with E-state index in [-0.39, 0.29) is 5.92 Å². The van der Waals surface area contributed by atoms with E-state index < -0.39 is 5.41 Å². The van der Waals surface area contributed by atoms with E-state index in [4.69, 9.17) is 4.74 Å². The summed E-state index contributed by atoms with van der Waals surface area (Å²) in [7, 11) is 0. The first-order valence-electron chi connectivity index (χ1n) is 19.0. The summed E-state index contributed by atoms with van der Waals surface area (Å²) in [5, 5.41) is 9.26. The minimum atomic E-state index is -0.400. The van der Waals surface area contributed by atoms with Gasteiger partial charge in [-0.05, 0) is 106 Å². The number of hydrogen-bond donors (Lipinski definition) is 0. The van der Waals surface area contributed by atoms with Crippen LogP contribution in [0.2, 0.25) is 0 Å². The van der Waals surface area contributed by atoms with E-state index in [9.17, 15) is 5.26 Å². The maximum atomic E-state index is 9.26. The molecule has 1 atom stereocenters. The molecule has 0 fully saturated rings. The summed E-state index contributed by atoms with van der Waals surface area (Å²) in [4.78, 5) is 0. The van der Waals surface area contributed by atoms with E-state index in [1.54, 1.807) is 0 Å². The SMILES string of the molecule is CC1(c2ccccc2-c2ccc(C(c3ccccc3)c3cccc(C4=CC=C(C5=CC=C(C#N)CC5)CC4)c3)cc2)c2ccccc2Oc2ccccc21. The lowest BCUT2D eigenvalue weighted by Crippen LogP contribution is -2.30. The van der Waals surface area contributed by atoms with Crippen molar-refractivity contribution in [1.82, 2.24) is 0 Å². The van der Waals surface area contributed by atoms with Gasteiger partial charge in [0, 0.05) is 22.6 Å². The molecule has 0 saturated carbocycles. The van der Waals surface area contributed by atoms with Crippen molar-refractivity contribution in [2.24, 2.45) is 0 Å². The number of rotatable bonds is 7. The third kappa shape index (κ3) is 6.03. The smallest absolute Gasteiger partial charge is 0.131 e. The fourth-order valence-electron chi connectivity index (χ4n) is 8.80. The minimum Gasteiger partial charge on any atom is -0.457 e. The minimum absolute atomic E-state index is 0.0889. The predicted molar refractivity (Wildman–Crippen MR) is 221 cm³/mol. The Morgan fingerprint density at radius 1 is 0.500 bits per heavy atom. The summed E-state index contributed by atoms with van der Waals surface area (Å²) < 4.78 is 6.43. The maximum Gasteiger partial charge on any atom is 0.131 e. The summed E-state index contributed by atoms with van der Waals surface area (Å²) in [5.74, 6) is 1.91. The highest BCUT2D eigenvalue weighted by Crippen LogP contribution is 2.53. The monoisotopic (exact) mass is 695 g/mol. The molecule has 2 nitrogen and oxygen atoms in total. The molecule has 0 amide bonds. The Morgan fingerprint density at radius 2 is 1.06 bits per heavy atom. The van der Waals surface area contributed by atoms with Crippen LogP contribution < -0.4 is 4.74 Å². The molecule has 1 heterocycles. The topological polar surface area (TPSA) is 33.0 Å². The Labute approximate surface area is 318 Å². The van der Waals surface area contributed by atoms with Gasteiger partial charge in [0.05, 0.1) is 11.5 Å². The zero-order chi connectivity index (χ0) is 36.5. The lowest BCUT2D eigenvalue weighted by Gasteiger charge is -2.39. The van der Waals surface area contributed by atoms with Crippen LogP contribution in [0, 0.1) is 11.3 Å². The number of fused-ring (bicyclic) bond motifs is 2. The summed E-state index contributed by atoms with van der Waals surface area (Å²) in [5.41, 5.74) is 15.7. The second-order valence-electron chi connectivity index (χ2n) is 14.7. The van der Waals surface area contributed by atoms with Crippen LogP contribution in [-0.2, 0) is 5.41 Å². The Kier molecular flexibility index (Phi) is 8.78. The molecule has 3 aliphatic rings. The number of allylic oxidation sites excluding steroid dienone is 8. The van der Waals surface area contributed by atoms with Gasteiger partial charge in [0.25, 0.3) is 0 Å². The lowest BCUT2D eigenvalue weighted by atomic mass is 9.67. The summed E-state index contributed by atoms with van der Waals surface area (Å²) >= 11 is 0. The van der Waals surface area contributed by atoms with Crippen LogP contribution in [0.5, 0.6) is 11.5 Å². The molecular weight excluding hydrogens is 655 g/mol. The third-order valence-electron chi connectivity index (χ3n) is 11.7. The van der Waals surface area contributed by atoms with Gasteiger partial charge in [-0.2, -0.15) is 5.26 Å². The maximum absolute atomic E-state index is 9.26. The molecule has 0 bridgehead atoms. The largest absolute Gasteiger partial charge is 0.457 e. The zero-order valence-corrected chi connectivity index (χ0v) is 30.5. The first-order chi connectivity index (χ1) is 26.6. The number of nitriles is 1. The Balaban J connectivity index is 1.07. The predicted octanol–water partition coefficient (Wildman–Crippen LogP) is 13.3. The van der Waals surface area contributed by atoms with Gasteiger partial charge in [0.15, 0.2) is 0 Å². The third-order valence-corrected chi connectivity index (χ3v) is 11.7. The van der Waals surface area contributed by atoms with Crippen LogP contribution in [0.1, 0.15) is 77.5 Å². The van der Waals surface area contributed by atoms with Gasteiger partial charge < -0.3 is 4.74 Å². The average Bonchev–Trinajstić information content (AvgIpc) is 3.25. The van der Waals surface area contributed by atoms with Crippen molar-refractivity contribution in [3.05, 3.63) is 232 Å². The van der Waals surface area contributed by atoms with Gasteiger partial charge in [-0.1, -0.05) is 158 Å². The Hall–Kier alpha value is -6.43. The quantitative estimate of drug-likeness (QED) is 0.156. The average molecular weight is 696 g/mol. The van der Waals surface area contributed by atoms with Crippen molar-refractivity contribution in [1.29, 1.82) is 5.26 Å². The van der Waals surface area contributed by atoms with Crippen molar-refractivity contribution >= 4 is 5.57 Å². The molecular formula is C52H41NO. The molecule has 54 heavy (non-hydrogen) atoms. The van der Waals surface area contributed by atoms with Gasteiger partial charge in [-0.3, -0.25) is 0 Å². The molecule has 0 N–H and O–H groups in total. The molecule has 1 unspecified atom stereocenters. The van der Waals surface area contributed by atoms with E-state index in [0.717, 1.165) is 42.8 Å². The second kappa shape index (κ2) is 14.2. The summed E-state index contributed by atoms with van der Waals surface area (Å²) in [6.07, 6.45) is 12.5. The number of para-hydroxylation sites is 2. The molecule has 1 aliphatic heterocycles. The van der Waals surface area contributed by atoms with Crippen LogP contribution in [0.25, 0.3) is 16.7 Å². The first kappa shape index (κ1) is 33.4. The van der Waals surface area contributed by atoms with Gasteiger partial charge in [-0.15, -0.1) is 0 Å². The van der Waals surface area contributed by atoms with Crippen molar-refractivity contribution in [2.75, 3.05) is 0 Å². The highest BCUT2D eigenvalue weighted by atomic mass is 16.5. The van der Waals surface area contributed by atoms with Gasteiger partial charge in [0.1, 0.15) is 11.5 Å².